The van der Waals surface area contributed by atoms with Crippen LogP contribution in [0, 0.1) is 0 Å². The first kappa shape index (κ1) is 25.0. The highest BCUT2D eigenvalue weighted by molar-refractivity contribution is 6.42. The van der Waals surface area contributed by atoms with Gasteiger partial charge in [-0.1, -0.05) is 41.3 Å². The van der Waals surface area contributed by atoms with E-state index in [1.54, 1.807) is 0 Å². The fourth-order valence-electron chi connectivity index (χ4n) is 4.11. The SMILES string of the molecule is [B]c1cc(C([B])([B])NC(=O)C(F)(F)c2ccc(Cl)cc2)cc2c1C(=O)N(C1CCC(=O)NC1=O)C2. The lowest BCUT2D eigenvalue weighted by molar-refractivity contribution is -0.147. The van der Waals surface area contributed by atoms with Crippen LogP contribution in [0.4, 0.5) is 8.78 Å². The summed E-state index contributed by atoms with van der Waals surface area (Å²) in [5.41, 5.74) is -0.266. The van der Waals surface area contributed by atoms with Crippen LogP contribution < -0.4 is 16.1 Å². The second-order valence-corrected chi connectivity index (χ2v) is 8.84. The number of piperidine rings is 1. The molecule has 1 unspecified atom stereocenters. The van der Waals surface area contributed by atoms with Crippen LogP contribution in [0.1, 0.15) is 39.9 Å². The van der Waals surface area contributed by atoms with Crippen LogP contribution in [-0.4, -0.2) is 58.1 Å². The smallest absolute Gasteiger partial charge is 0.349 e. The third kappa shape index (κ3) is 4.59. The van der Waals surface area contributed by atoms with Crippen LogP contribution in [0.15, 0.2) is 36.4 Å². The molecule has 7 nitrogen and oxygen atoms in total. The van der Waals surface area contributed by atoms with Crippen molar-refractivity contribution < 1.29 is 28.0 Å². The summed E-state index contributed by atoms with van der Waals surface area (Å²) in [5, 5.41) is 2.04. The van der Waals surface area contributed by atoms with Crippen molar-refractivity contribution in [1.29, 1.82) is 0 Å². The highest BCUT2D eigenvalue weighted by Crippen LogP contribution is 2.32. The van der Waals surface area contributed by atoms with Crippen molar-refractivity contribution in [2.75, 3.05) is 0 Å². The van der Waals surface area contributed by atoms with Crippen LogP contribution in [0.3, 0.4) is 0 Å². The summed E-state index contributed by atoms with van der Waals surface area (Å²) < 4.78 is 29.4. The third-order valence-corrected chi connectivity index (χ3v) is 6.19. The Bertz CT molecular complexity index is 1260. The van der Waals surface area contributed by atoms with Gasteiger partial charge >= 0.3 is 5.92 Å². The molecule has 172 valence electrons. The summed E-state index contributed by atoms with van der Waals surface area (Å²) in [6.07, 6.45) is 0.213. The number of carbonyl (C=O) groups excluding carboxylic acids is 4. The fraction of sp³-hybridized carbons (Fsp3) is 0.273. The van der Waals surface area contributed by atoms with Crippen molar-refractivity contribution in [1.82, 2.24) is 15.5 Å². The van der Waals surface area contributed by atoms with E-state index >= 15 is 0 Å². The number of nitrogens with one attached hydrogen (secondary N) is 2. The van der Waals surface area contributed by atoms with Crippen molar-refractivity contribution in [3.63, 3.8) is 0 Å². The first-order valence-corrected chi connectivity index (χ1v) is 10.8. The number of amides is 4. The second kappa shape index (κ2) is 8.82. The average molecular weight is 491 g/mol. The molecule has 1 atom stereocenters. The van der Waals surface area contributed by atoms with Gasteiger partial charge in [0, 0.05) is 29.1 Å². The molecule has 0 spiro atoms. The molecule has 2 aliphatic rings. The molecular weight excluding hydrogens is 476 g/mol. The standard InChI is InChI=1S/C22H15B3ClF2N3O4/c23-14-8-12(22(24,25)30-20(35)21(27,28)11-1-3-13(26)4-2-11)7-10-9-31(19(34)17(10)14)15-5-6-16(32)29-18(15)33/h1-4,7-8,15H,5-6,9H2,(H,30,35)(H,29,32,33). The predicted molar refractivity (Wildman–Crippen MR) is 125 cm³/mol. The van der Waals surface area contributed by atoms with Gasteiger partial charge in [0.1, 0.15) is 13.9 Å². The Hall–Kier alpha value is -3.14. The number of hydrogen-bond acceptors (Lipinski definition) is 4. The van der Waals surface area contributed by atoms with Gasteiger partial charge in [0.15, 0.2) is 0 Å². The highest BCUT2D eigenvalue weighted by atomic mass is 35.5. The molecule has 2 aromatic carbocycles. The van der Waals surface area contributed by atoms with Gasteiger partial charge in [-0.2, -0.15) is 8.78 Å². The molecule has 4 rings (SSSR count). The van der Waals surface area contributed by atoms with Crippen molar-refractivity contribution in [2.45, 2.75) is 36.7 Å². The summed E-state index contributed by atoms with van der Waals surface area (Å²) in [5.74, 6) is -7.30. The highest BCUT2D eigenvalue weighted by Gasteiger charge is 2.44. The van der Waals surface area contributed by atoms with Gasteiger partial charge in [-0.05, 0) is 35.0 Å². The maximum Gasteiger partial charge on any atom is 0.349 e. The second-order valence-electron chi connectivity index (χ2n) is 8.40. The van der Waals surface area contributed by atoms with E-state index in [4.69, 9.17) is 35.1 Å². The fourth-order valence-corrected chi connectivity index (χ4v) is 4.24. The summed E-state index contributed by atoms with van der Waals surface area (Å²) in [6.45, 7) is -0.0521. The summed E-state index contributed by atoms with van der Waals surface area (Å²) in [7, 11) is 18.0. The minimum absolute atomic E-state index is 0.0353. The molecule has 0 saturated carbocycles. The number of nitrogens with zero attached hydrogens (tertiary/aromatic N) is 1. The maximum absolute atomic E-state index is 14.7. The molecule has 35 heavy (non-hydrogen) atoms. The van der Waals surface area contributed by atoms with E-state index in [9.17, 15) is 28.0 Å². The minimum Gasteiger partial charge on any atom is -0.358 e. The lowest BCUT2D eigenvalue weighted by Crippen LogP contribution is -2.52. The van der Waals surface area contributed by atoms with E-state index in [1.807, 2.05) is 5.32 Å². The molecule has 2 aromatic rings. The van der Waals surface area contributed by atoms with Gasteiger partial charge in [0.2, 0.25) is 11.8 Å². The predicted octanol–water partition coefficient (Wildman–Crippen LogP) is 0.250. The van der Waals surface area contributed by atoms with Gasteiger partial charge in [-0.3, -0.25) is 24.5 Å². The topological polar surface area (TPSA) is 95.6 Å². The zero-order valence-corrected chi connectivity index (χ0v) is 18.9. The first-order valence-electron chi connectivity index (χ1n) is 10.4. The number of alkyl halides is 2. The molecule has 4 amide bonds. The zero-order valence-electron chi connectivity index (χ0n) is 18.1. The number of hydrogen-bond donors (Lipinski definition) is 2. The minimum atomic E-state index is -3.98. The Morgan fingerprint density at radius 3 is 2.40 bits per heavy atom. The van der Waals surface area contributed by atoms with Crippen LogP contribution in [-0.2, 0) is 32.2 Å². The third-order valence-electron chi connectivity index (χ3n) is 5.94. The molecule has 0 aromatic heterocycles. The number of imide groups is 1. The van der Waals surface area contributed by atoms with E-state index in [2.05, 4.69) is 5.32 Å². The molecular formula is C22H15B3ClF2N3O4. The molecule has 2 heterocycles. The summed E-state index contributed by atoms with van der Waals surface area (Å²) >= 11 is 5.71. The van der Waals surface area contributed by atoms with E-state index in [-0.39, 0.29) is 41.0 Å². The Labute approximate surface area is 208 Å². The van der Waals surface area contributed by atoms with Crippen molar-refractivity contribution in [2.24, 2.45) is 0 Å². The number of rotatable bonds is 5. The molecule has 2 aliphatic heterocycles. The van der Waals surface area contributed by atoms with E-state index in [0.717, 1.165) is 12.1 Å². The number of halogens is 3. The zero-order chi connectivity index (χ0) is 25.7. The van der Waals surface area contributed by atoms with Gasteiger partial charge in [-0.25, -0.2) is 0 Å². The molecule has 0 bridgehead atoms. The van der Waals surface area contributed by atoms with Gasteiger partial charge in [-0.15, -0.1) is 0 Å². The molecule has 1 saturated heterocycles. The first-order chi connectivity index (χ1) is 16.3. The quantitative estimate of drug-likeness (QED) is 0.463. The van der Waals surface area contributed by atoms with Gasteiger partial charge in [0.25, 0.3) is 11.8 Å². The monoisotopic (exact) mass is 491 g/mol. The lowest BCUT2D eigenvalue weighted by atomic mass is 9.57. The number of carbonyl (C=O) groups is 4. The average Bonchev–Trinajstić information content (AvgIpc) is 3.10. The van der Waals surface area contributed by atoms with Crippen LogP contribution in [0.5, 0.6) is 0 Å². The van der Waals surface area contributed by atoms with Crippen molar-refractivity contribution in [3.8, 4) is 0 Å². The molecule has 1 fully saturated rings. The van der Waals surface area contributed by atoms with Crippen molar-refractivity contribution in [3.05, 3.63) is 63.7 Å². The lowest BCUT2D eigenvalue weighted by Gasteiger charge is -2.31. The number of fused-ring (bicyclic) bond motifs is 1. The summed E-state index contributed by atoms with van der Waals surface area (Å²) in [6, 6.07) is 6.10. The maximum atomic E-state index is 14.7. The van der Waals surface area contributed by atoms with Gasteiger partial charge < -0.3 is 10.2 Å². The molecule has 6 radical (unpaired) electrons. The van der Waals surface area contributed by atoms with E-state index < -0.39 is 46.5 Å². The Kier molecular flexibility index (Phi) is 6.29. The molecule has 13 heteroatoms. The van der Waals surface area contributed by atoms with Gasteiger partial charge in [0.05, 0.1) is 15.7 Å². The Balaban J connectivity index is 1.58. The van der Waals surface area contributed by atoms with Crippen LogP contribution in [0.25, 0.3) is 0 Å². The van der Waals surface area contributed by atoms with Crippen molar-refractivity contribution >= 4 is 64.2 Å². The van der Waals surface area contributed by atoms with Crippen LogP contribution >= 0.6 is 11.6 Å². The molecule has 2 N–H and O–H groups in total. The largest absolute Gasteiger partial charge is 0.358 e. The normalized spacial score (nSPS) is 18.3. The summed E-state index contributed by atoms with van der Waals surface area (Å²) in [4.78, 5) is 50.3. The van der Waals surface area contributed by atoms with Crippen LogP contribution in [0.2, 0.25) is 5.02 Å². The molecule has 0 aliphatic carbocycles. The Morgan fingerprint density at radius 1 is 1.11 bits per heavy atom. The van der Waals surface area contributed by atoms with E-state index in [0.29, 0.717) is 5.56 Å². The Morgan fingerprint density at radius 2 is 1.77 bits per heavy atom. The van der Waals surface area contributed by atoms with E-state index in [1.165, 1.54) is 29.2 Å². The number of benzene rings is 2.